The van der Waals surface area contributed by atoms with Crippen LogP contribution in [-0.2, 0) is 51.1 Å². The minimum atomic E-state index is -0.869. The van der Waals surface area contributed by atoms with Crippen molar-refractivity contribution in [1.82, 2.24) is 20.4 Å². The third-order valence-electron chi connectivity index (χ3n) is 8.34. The molecule has 16 heteroatoms. The van der Waals surface area contributed by atoms with Crippen molar-refractivity contribution in [2.24, 2.45) is 0 Å². The van der Waals surface area contributed by atoms with Crippen LogP contribution in [0, 0.1) is 23.3 Å². The van der Waals surface area contributed by atoms with Gasteiger partial charge < -0.3 is 29.9 Å². The molecule has 2 aromatic rings. The zero-order chi connectivity index (χ0) is 37.8. The summed E-state index contributed by atoms with van der Waals surface area (Å²) in [6.45, 7) is 3.83. The first kappa shape index (κ1) is 40.4. The Balaban J connectivity index is 0.000000276. The number of carbonyl (C=O) groups is 6. The predicted octanol–water partition coefficient (Wildman–Crippen LogP) is 2.74. The van der Waals surface area contributed by atoms with E-state index in [1.165, 1.54) is 37.9 Å². The lowest BCUT2D eigenvalue weighted by molar-refractivity contribution is -0.155. The van der Waals surface area contributed by atoms with Crippen LogP contribution in [0.2, 0.25) is 0 Å². The van der Waals surface area contributed by atoms with Crippen molar-refractivity contribution in [1.29, 1.82) is 0 Å². The Hall–Kier alpha value is -5.02. The molecule has 4 amide bonds. The Morgan fingerprint density at radius 2 is 0.980 bits per heavy atom. The molecule has 0 spiro atoms. The van der Waals surface area contributed by atoms with Gasteiger partial charge in [0.25, 0.3) is 0 Å². The molecule has 2 heterocycles. The number of nitrogens with zero attached hydrogens (tertiary/aromatic N) is 2. The molecule has 2 N–H and O–H groups in total. The highest BCUT2D eigenvalue weighted by molar-refractivity contribution is 5.92. The smallest absolute Gasteiger partial charge is 0.328 e. The number of ether oxygens (including phenoxy) is 2. The molecule has 0 saturated carbocycles. The number of carbonyl (C=O) groups excluding carboxylic acids is 6. The summed E-state index contributed by atoms with van der Waals surface area (Å²) in [5, 5.41) is 5.01. The van der Waals surface area contributed by atoms with Gasteiger partial charge in [0.05, 0.1) is 27.1 Å². The Kier molecular flexibility index (Phi) is 14.9. The van der Waals surface area contributed by atoms with Crippen molar-refractivity contribution in [2.45, 2.75) is 83.0 Å². The first-order chi connectivity index (χ1) is 24.1. The van der Waals surface area contributed by atoms with Crippen LogP contribution in [0.5, 0.6) is 0 Å². The Morgan fingerprint density at radius 1 is 0.627 bits per heavy atom. The normalized spacial score (nSPS) is 18.0. The molecule has 51 heavy (non-hydrogen) atoms. The maximum absolute atomic E-state index is 13.2. The van der Waals surface area contributed by atoms with Crippen molar-refractivity contribution in [2.75, 3.05) is 27.3 Å². The van der Waals surface area contributed by atoms with Gasteiger partial charge in [-0.05, 0) is 81.3 Å². The van der Waals surface area contributed by atoms with Gasteiger partial charge >= 0.3 is 11.9 Å². The van der Waals surface area contributed by atoms with Crippen LogP contribution >= 0.6 is 0 Å². The Morgan fingerprint density at radius 3 is 1.35 bits per heavy atom. The fourth-order valence-corrected chi connectivity index (χ4v) is 5.99. The first-order valence-electron chi connectivity index (χ1n) is 16.4. The number of benzene rings is 2. The van der Waals surface area contributed by atoms with Crippen LogP contribution < -0.4 is 10.6 Å². The zero-order valence-corrected chi connectivity index (χ0v) is 28.8. The van der Waals surface area contributed by atoms with E-state index >= 15 is 0 Å². The quantitative estimate of drug-likeness (QED) is 0.281. The molecular weight excluding hydrogens is 680 g/mol. The van der Waals surface area contributed by atoms with Gasteiger partial charge in [0, 0.05) is 25.2 Å². The summed E-state index contributed by atoms with van der Waals surface area (Å²) < 4.78 is 62.1. The van der Waals surface area contributed by atoms with E-state index in [1.807, 2.05) is 0 Å². The lowest BCUT2D eigenvalue weighted by Crippen LogP contribution is -2.55. The second-order valence-electron chi connectivity index (χ2n) is 12.3. The van der Waals surface area contributed by atoms with Crippen LogP contribution in [-0.4, -0.2) is 96.8 Å². The van der Waals surface area contributed by atoms with Gasteiger partial charge in [0.1, 0.15) is 47.4 Å². The van der Waals surface area contributed by atoms with Gasteiger partial charge in [-0.2, -0.15) is 0 Å². The number of methoxy groups -OCH3 is 2. The lowest BCUT2D eigenvalue weighted by atomic mass is 10.0. The number of nitrogens with one attached hydrogen (secondary N) is 2. The molecule has 2 fully saturated rings. The molecule has 2 aromatic carbocycles. The number of halogens is 4. The maximum Gasteiger partial charge on any atom is 0.328 e. The van der Waals surface area contributed by atoms with Crippen molar-refractivity contribution >= 4 is 35.6 Å². The van der Waals surface area contributed by atoms with Gasteiger partial charge in [-0.25, -0.2) is 27.2 Å². The maximum atomic E-state index is 13.2. The van der Waals surface area contributed by atoms with E-state index in [2.05, 4.69) is 15.4 Å². The van der Waals surface area contributed by atoms with Gasteiger partial charge in [-0.3, -0.25) is 19.2 Å². The van der Waals surface area contributed by atoms with Crippen LogP contribution in [0.4, 0.5) is 17.6 Å². The molecule has 0 aliphatic carbocycles. The summed E-state index contributed by atoms with van der Waals surface area (Å²) in [5.41, 5.74) is 0.341. The molecule has 0 aromatic heterocycles. The van der Waals surface area contributed by atoms with Crippen molar-refractivity contribution in [3.63, 3.8) is 0 Å². The zero-order valence-electron chi connectivity index (χ0n) is 28.8. The van der Waals surface area contributed by atoms with E-state index in [-0.39, 0.29) is 29.9 Å². The summed E-state index contributed by atoms with van der Waals surface area (Å²) in [4.78, 5) is 75.5. The molecule has 278 valence electrons. The predicted molar refractivity (Wildman–Crippen MR) is 173 cm³/mol. The molecule has 2 saturated heterocycles. The standard InChI is InChI=1S/C18H22F2N2O4.C17H20F2N2O4/c1-11(17(24)22-6-4-3-5-15(22)18(25)26-2)21-16(23)9-12-7-13(19)10-14(20)8-12;1-10(16(23)21-5-3-4-14(21)17(24)25-2)20-15(22)8-11-6-12(18)9-13(19)7-11/h7-8,10-11,15H,3-6,9H2,1-2H3,(H,21,23);6-7,9-10,14H,3-5,8H2,1-2H3,(H,20,22)/t11-,15?;10-,14-/m00/s1. The third-order valence-corrected chi connectivity index (χ3v) is 8.34. The minimum absolute atomic E-state index is 0.170. The topological polar surface area (TPSA) is 151 Å². The fraction of sp³-hybridized carbons (Fsp3) is 0.486. The number of hydrogen-bond donors (Lipinski definition) is 2. The number of hydrogen-bond acceptors (Lipinski definition) is 8. The van der Waals surface area contributed by atoms with Gasteiger partial charge in [0.15, 0.2) is 0 Å². The highest BCUT2D eigenvalue weighted by Crippen LogP contribution is 2.21. The first-order valence-corrected chi connectivity index (χ1v) is 16.4. The molecule has 0 bridgehead atoms. The minimum Gasteiger partial charge on any atom is -0.467 e. The average Bonchev–Trinajstić information content (AvgIpc) is 3.56. The van der Waals surface area contributed by atoms with Crippen molar-refractivity contribution in [3.8, 4) is 0 Å². The van der Waals surface area contributed by atoms with E-state index in [0.29, 0.717) is 38.4 Å². The molecular formula is C35H42F4N4O8. The van der Waals surface area contributed by atoms with Gasteiger partial charge in [-0.1, -0.05) is 0 Å². The Labute approximate surface area is 292 Å². The Bertz CT molecular complexity index is 1570. The SMILES string of the molecule is COC(=O)C1CCCCN1C(=O)[C@H](C)NC(=O)Cc1cc(F)cc(F)c1.COC(=O)[C@@H]1CCCN1C(=O)[C@H](C)NC(=O)Cc1cc(F)cc(F)c1. The highest BCUT2D eigenvalue weighted by Gasteiger charge is 2.37. The van der Waals surface area contributed by atoms with Gasteiger partial charge in [0.2, 0.25) is 23.6 Å². The van der Waals surface area contributed by atoms with E-state index < -0.39 is 77.1 Å². The second kappa shape index (κ2) is 18.8. The molecule has 2 aliphatic heterocycles. The summed E-state index contributed by atoms with van der Waals surface area (Å²) in [6.07, 6.45) is 2.77. The van der Waals surface area contributed by atoms with E-state index in [9.17, 15) is 46.3 Å². The number of rotatable bonds is 10. The van der Waals surface area contributed by atoms with E-state index in [1.54, 1.807) is 0 Å². The van der Waals surface area contributed by atoms with Crippen LogP contribution in [0.3, 0.4) is 0 Å². The number of amides is 4. The van der Waals surface area contributed by atoms with Crippen LogP contribution in [0.1, 0.15) is 57.1 Å². The van der Waals surface area contributed by atoms with E-state index in [4.69, 9.17) is 4.74 Å². The molecule has 4 atom stereocenters. The van der Waals surface area contributed by atoms with Crippen molar-refractivity contribution < 1.29 is 55.8 Å². The van der Waals surface area contributed by atoms with Crippen LogP contribution in [0.15, 0.2) is 36.4 Å². The molecule has 0 radical (unpaired) electrons. The number of likely N-dealkylation sites (tertiary alicyclic amines) is 2. The molecule has 2 aliphatic rings. The van der Waals surface area contributed by atoms with Crippen LogP contribution in [0.25, 0.3) is 0 Å². The summed E-state index contributed by atoms with van der Waals surface area (Å²) in [6, 6.07) is 2.64. The van der Waals surface area contributed by atoms with Crippen molar-refractivity contribution in [3.05, 3.63) is 70.8 Å². The summed E-state index contributed by atoms with van der Waals surface area (Å²) in [5.74, 6) is -5.92. The largest absolute Gasteiger partial charge is 0.467 e. The average molecular weight is 723 g/mol. The second-order valence-corrected chi connectivity index (χ2v) is 12.3. The number of esters is 2. The van der Waals surface area contributed by atoms with Gasteiger partial charge in [-0.15, -0.1) is 0 Å². The molecule has 12 nitrogen and oxygen atoms in total. The molecule has 4 rings (SSSR count). The fourth-order valence-electron chi connectivity index (χ4n) is 5.99. The monoisotopic (exact) mass is 722 g/mol. The third kappa shape index (κ3) is 11.8. The summed E-state index contributed by atoms with van der Waals surface area (Å²) in [7, 11) is 2.52. The molecule has 1 unspecified atom stereocenters. The highest BCUT2D eigenvalue weighted by atomic mass is 19.1. The lowest BCUT2D eigenvalue weighted by Gasteiger charge is -2.35. The number of piperidine rings is 1. The summed E-state index contributed by atoms with van der Waals surface area (Å²) >= 11 is 0. The van der Waals surface area contributed by atoms with E-state index in [0.717, 1.165) is 43.2 Å².